The molecule has 7 nitrogen and oxygen atoms in total. The van der Waals surface area contributed by atoms with E-state index < -0.39 is 18.0 Å². The maximum atomic E-state index is 11.7. The summed E-state index contributed by atoms with van der Waals surface area (Å²) in [6.07, 6.45) is 1.30. The second-order valence-corrected chi connectivity index (χ2v) is 5.87. The number of carbonyl (C=O) groups is 2. The van der Waals surface area contributed by atoms with Gasteiger partial charge >= 0.3 is 12.0 Å². The van der Waals surface area contributed by atoms with Crippen molar-refractivity contribution >= 4 is 12.0 Å². The molecular formula is C14H28N4O3. The molecule has 7 heteroatoms. The number of carboxylic acid groups (broad SMARTS) is 1. The van der Waals surface area contributed by atoms with Crippen molar-refractivity contribution in [2.24, 2.45) is 5.92 Å². The minimum Gasteiger partial charge on any atom is -0.480 e. The molecule has 0 radical (unpaired) electrons. The Hall–Kier alpha value is -1.34. The summed E-state index contributed by atoms with van der Waals surface area (Å²) >= 11 is 0. The molecule has 0 bridgehead atoms. The molecule has 1 atom stereocenters. The van der Waals surface area contributed by atoms with Crippen LogP contribution < -0.4 is 16.0 Å². The van der Waals surface area contributed by atoms with Crippen molar-refractivity contribution < 1.29 is 14.7 Å². The zero-order valence-corrected chi connectivity index (χ0v) is 13.0. The van der Waals surface area contributed by atoms with E-state index in [0.29, 0.717) is 13.0 Å². The lowest BCUT2D eigenvalue weighted by Gasteiger charge is -2.27. The molecule has 1 saturated heterocycles. The number of rotatable bonds is 8. The van der Waals surface area contributed by atoms with Crippen molar-refractivity contribution in [3.8, 4) is 0 Å². The van der Waals surface area contributed by atoms with E-state index in [1.807, 2.05) is 13.8 Å². The molecule has 21 heavy (non-hydrogen) atoms. The number of piperazine rings is 1. The third-order valence-corrected chi connectivity index (χ3v) is 3.46. The Morgan fingerprint density at radius 3 is 2.52 bits per heavy atom. The average molecular weight is 300 g/mol. The standard InChI is InChI=1S/C14H28N4O3/c1-11(2)10-12(13(19)20)17-14(21)16-4-3-7-18-8-5-15-6-9-18/h11-12,15H,3-10H2,1-2H3,(H,19,20)(H2,16,17,21)/t12-/m0/s1. The van der Waals surface area contributed by atoms with E-state index in [0.717, 1.165) is 39.1 Å². The lowest BCUT2D eigenvalue weighted by Crippen LogP contribution is -2.47. The number of carboxylic acids is 1. The smallest absolute Gasteiger partial charge is 0.326 e. The van der Waals surface area contributed by atoms with E-state index in [2.05, 4.69) is 20.9 Å². The molecule has 2 amide bonds. The first-order chi connectivity index (χ1) is 9.99. The highest BCUT2D eigenvalue weighted by molar-refractivity contribution is 5.82. The normalized spacial score (nSPS) is 17.5. The monoisotopic (exact) mass is 300 g/mol. The molecule has 0 spiro atoms. The largest absolute Gasteiger partial charge is 0.480 e. The predicted octanol–water partition coefficient (Wildman–Crippen LogP) is 0.0802. The molecule has 0 aromatic heterocycles. The Morgan fingerprint density at radius 2 is 1.95 bits per heavy atom. The van der Waals surface area contributed by atoms with E-state index >= 15 is 0 Å². The molecule has 0 unspecified atom stereocenters. The number of nitrogens with one attached hydrogen (secondary N) is 3. The topological polar surface area (TPSA) is 93.7 Å². The summed E-state index contributed by atoms with van der Waals surface area (Å²) in [5.41, 5.74) is 0. The highest BCUT2D eigenvalue weighted by Gasteiger charge is 2.20. The molecule has 1 aliphatic rings. The summed E-state index contributed by atoms with van der Waals surface area (Å²) in [6, 6.07) is -1.22. The Labute approximate surface area is 126 Å². The predicted molar refractivity (Wildman–Crippen MR) is 81.3 cm³/mol. The molecule has 1 aliphatic heterocycles. The maximum Gasteiger partial charge on any atom is 0.326 e. The molecule has 0 aromatic rings. The summed E-state index contributed by atoms with van der Waals surface area (Å²) in [5.74, 6) is -0.765. The first kappa shape index (κ1) is 17.7. The fourth-order valence-corrected chi connectivity index (χ4v) is 2.34. The summed E-state index contributed by atoms with van der Waals surface area (Å²) < 4.78 is 0. The minimum absolute atomic E-state index is 0.221. The fraction of sp³-hybridized carbons (Fsp3) is 0.857. The van der Waals surface area contributed by atoms with Crippen molar-refractivity contribution in [2.45, 2.75) is 32.7 Å². The van der Waals surface area contributed by atoms with E-state index in [4.69, 9.17) is 5.11 Å². The van der Waals surface area contributed by atoms with Gasteiger partial charge in [-0.2, -0.15) is 0 Å². The van der Waals surface area contributed by atoms with Crippen LogP contribution >= 0.6 is 0 Å². The summed E-state index contributed by atoms with van der Waals surface area (Å²) in [7, 11) is 0. The Balaban J connectivity index is 2.15. The minimum atomic E-state index is -0.986. The van der Waals surface area contributed by atoms with Crippen LogP contribution in [-0.2, 0) is 4.79 Å². The summed E-state index contributed by atoms with van der Waals surface area (Å²) in [5, 5.41) is 17.6. The summed E-state index contributed by atoms with van der Waals surface area (Å²) in [4.78, 5) is 25.1. The zero-order chi connectivity index (χ0) is 15.7. The van der Waals surface area contributed by atoms with Gasteiger partial charge in [0, 0.05) is 32.7 Å². The quantitative estimate of drug-likeness (QED) is 0.476. The van der Waals surface area contributed by atoms with Crippen molar-refractivity contribution in [3.05, 3.63) is 0 Å². The molecule has 0 saturated carbocycles. The van der Waals surface area contributed by atoms with Gasteiger partial charge in [-0.05, 0) is 25.3 Å². The van der Waals surface area contributed by atoms with Gasteiger partial charge in [-0.15, -0.1) is 0 Å². The van der Waals surface area contributed by atoms with Gasteiger partial charge in [-0.3, -0.25) is 0 Å². The van der Waals surface area contributed by atoms with E-state index in [9.17, 15) is 9.59 Å². The second kappa shape index (κ2) is 9.57. The van der Waals surface area contributed by atoms with Gasteiger partial charge in [0.15, 0.2) is 0 Å². The van der Waals surface area contributed by atoms with Crippen molar-refractivity contribution in [1.29, 1.82) is 0 Å². The number of nitrogens with zero attached hydrogens (tertiary/aromatic N) is 1. The number of carbonyl (C=O) groups excluding carboxylic acids is 1. The highest BCUT2D eigenvalue weighted by atomic mass is 16.4. The number of hydrogen-bond acceptors (Lipinski definition) is 4. The van der Waals surface area contributed by atoms with E-state index in [1.165, 1.54) is 0 Å². The Morgan fingerprint density at radius 1 is 1.29 bits per heavy atom. The maximum absolute atomic E-state index is 11.7. The summed E-state index contributed by atoms with van der Waals surface area (Å²) in [6.45, 7) is 9.50. The lowest BCUT2D eigenvalue weighted by molar-refractivity contribution is -0.139. The number of amides is 2. The van der Waals surface area contributed by atoms with Crippen LogP contribution in [0, 0.1) is 5.92 Å². The third kappa shape index (κ3) is 7.87. The first-order valence-corrected chi connectivity index (χ1v) is 7.69. The van der Waals surface area contributed by atoms with Gasteiger partial charge in [0.05, 0.1) is 0 Å². The van der Waals surface area contributed by atoms with Crippen molar-refractivity contribution in [3.63, 3.8) is 0 Å². The van der Waals surface area contributed by atoms with E-state index in [-0.39, 0.29) is 5.92 Å². The van der Waals surface area contributed by atoms with Crippen LogP contribution in [0.3, 0.4) is 0 Å². The van der Waals surface area contributed by atoms with Crippen LogP contribution in [0.4, 0.5) is 4.79 Å². The molecule has 1 rings (SSSR count). The third-order valence-electron chi connectivity index (χ3n) is 3.46. The SMILES string of the molecule is CC(C)C[C@H](NC(=O)NCCCN1CCNCC1)C(=O)O. The lowest BCUT2D eigenvalue weighted by atomic mass is 10.0. The molecule has 4 N–H and O–H groups in total. The Bertz CT molecular complexity index is 330. The molecule has 122 valence electrons. The van der Waals surface area contributed by atoms with Crippen LogP contribution in [0.15, 0.2) is 0 Å². The molecule has 0 aliphatic carbocycles. The van der Waals surface area contributed by atoms with Gasteiger partial charge in [0.25, 0.3) is 0 Å². The van der Waals surface area contributed by atoms with Gasteiger partial charge in [-0.25, -0.2) is 9.59 Å². The van der Waals surface area contributed by atoms with Crippen molar-refractivity contribution in [2.75, 3.05) is 39.3 Å². The van der Waals surface area contributed by atoms with Crippen LogP contribution in [-0.4, -0.2) is 67.3 Å². The van der Waals surface area contributed by atoms with Crippen LogP contribution in [0.25, 0.3) is 0 Å². The molecule has 0 aromatic carbocycles. The van der Waals surface area contributed by atoms with Gasteiger partial charge in [0.1, 0.15) is 6.04 Å². The zero-order valence-electron chi connectivity index (χ0n) is 13.0. The highest BCUT2D eigenvalue weighted by Crippen LogP contribution is 2.04. The van der Waals surface area contributed by atoms with Crippen LogP contribution in [0.1, 0.15) is 26.7 Å². The molecule has 1 heterocycles. The first-order valence-electron chi connectivity index (χ1n) is 7.69. The van der Waals surface area contributed by atoms with Crippen LogP contribution in [0.5, 0.6) is 0 Å². The average Bonchev–Trinajstić information content (AvgIpc) is 2.43. The number of hydrogen-bond donors (Lipinski definition) is 4. The second-order valence-electron chi connectivity index (χ2n) is 5.87. The van der Waals surface area contributed by atoms with Gasteiger partial charge in [-0.1, -0.05) is 13.8 Å². The van der Waals surface area contributed by atoms with E-state index in [1.54, 1.807) is 0 Å². The van der Waals surface area contributed by atoms with Crippen LogP contribution in [0.2, 0.25) is 0 Å². The molecular weight excluding hydrogens is 272 g/mol. The molecule has 1 fully saturated rings. The fourth-order valence-electron chi connectivity index (χ4n) is 2.34. The number of urea groups is 1. The van der Waals surface area contributed by atoms with Crippen molar-refractivity contribution in [1.82, 2.24) is 20.9 Å². The number of aliphatic carboxylic acids is 1. The Kier molecular flexibility index (Phi) is 8.07. The van der Waals surface area contributed by atoms with Gasteiger partial charge in [0.2, 0.25) is 0 Å². The van der Waals surface area contributed by atoms with Gasteiger partial charge < -0.3 is 26.0 Å².